The van der Waals surface area contributed by atoms with Crippen LogP contribution in [0.4, 0.5) is 0 Å². The van der Waals surface area contributed by atoms with Gasteiger partial charge in [-0.25, -0.2) is 8.42 Å². The van der Waals surface area contributed by atoms with Gasteiger partial charge in [0.2, 0.25) is 9.05 Å². The molecule has 1 rings (SSSR count). The summed E-state index contributed by atoms with van der Waals surface area (Å²) in [5.41, 5.74) is 2.40. The molecule has 0 N–H and O–H groups in total. The van der Waals surface area contributed by atoms with E-state index in [1.807, 2.05) is 19.1 Å². The SMILES string of the molecule is Cc1cc(C(C)(C)C)ccc1OCC(C)CS(=O)(=O)Cl. The Morgan fingerprint density at radius 2 is 1.90 bits per heavy atom. The third kappa shape index (κ3) is 5.71. The molecule has 0 spiro atoms. The predicted molar refractivity (Wildman–Crippen MR) is 84.2 cm³/mol. The lowest BCUT2D eigenvalue weighted by molar-refractivity contribution is 0.270. The van der Waals surface area contributed by atoms with Crippen molar-refractivity contribution in [2.45, 2.75) is 40.0 Å². The molecule has 5 heteroatoms. The van der Waals surface area contributed by atoms with Gasteiger partial charge >= 0.3 is 0 Å². The van der Waals surface area contributed by atoms with E-state index in [2.05, 4.69) is 26.8 Å². The van der Waals surface area contributed by atoms with E-state index >= 15 is 0 Å². The highest BCUT2D eigenvalue weighted by atomic mass is 35.7. The van der Waals surface area contributed by atoms with Crippen LogP contribution >= 0.6 is 10.7 Å². The van der Waals surface area contributed by atoms with Gasteiger partial charge in [0.15, 0.2) is 0 Å². The van der Waals surface area contributed by atoms with Crippen molar-refractivity contribution in [2.24, 2.45) is 5.92 Å². The van der Waals surface area contributed by atoms with Gasteiger partial charge < -0.3 is 4.74 Å². The average molecular weight is 319 g/mol. The molecule has 1 aromatic rings. The Labute approximate surface area is 126 Å². The number of halogens is 1. The summed E-state index contributed by atoms with van der Waals surface area (Å²) in [6.45, 7) is 10.6. The van der Waals surface area contributed by atoms with Crippen molar-refractivity contribution in [3.8, 4) is 5.75 Å². The first kappa shape index (κ1) is 17.3. The Morgan fingerprint density at radius 1 is 1.30 bits per heavy atom. The number of rotatable bonds is 5. The van der Waals surface area contributed by atoms with Crippen LogP contribution in [0.15, 0.2) is 18.2 Å². The van der Waals surface area contributed by atoms with Gasteiger partial charge in [-0.05, 0) is 29.5 Å². The number of hydrogen-bond acceptors (Lipinski definition) is 3. The molecule has 1 atom stereocenters. The number of aryl methyl sites for hydroxylation is 1. The molecule has 20 heavy (non-hydrogen) atoms. The van der Waals surface area contributed by atoms with Crippen LogP contribution in [0.2, 0.25) is 0 Å². The monoisotopic (exact) mass is 318 g/mol. The normalized spacial score (nSPS) is 14.1. The summed E-state index contributed by atoms with van der Waals surface area (Å²) in [7, 11) is 1.76. The fourth-order valence-electron chi connectivity index (χ4n) is 1.90. The Morgan fingerprint density at radius 3 is 2.35 bits per heavy atom. The summed E-state index contributed by atoms with van der Waals surface area (Å²) in [6.07, 6.45) is 0. The van der Waals surface area contributed by atoms with E-state index in [-0.39, 0.29) is 17.1 Å². The Kier molecular flexibility index (Phi) is 5.50. The largest absolute Gasteiger partial charge is 0.493 e. The molecular formula is C15H23ClO3S. The molecule has 0 aliphatic rings. The molecule has 0 heterocycles. The second kappa shape index (κ2) is 6.35. The van der Waals surface area contributed by atoms with Crippen molar-refractivity contribution >= 4 is 19.7 Å². The maximum absolute atomic E-state index is 11.0. The molecule has 0 saturated carbocycles. The van der Waals surface area contributed by atoms with Gasteiger partial charge in [0, 0.05) is 16.6 Å². The van der Waals surface area contributed by atoms with E-state index in [1.165, 1.54) is 5.56 Å². The number of hydrogen-bond donors (Lipinski definition) is 0. The van der Waals surface area contributed by atoms with Gasteiger partial charge in [-0.15, -0.1) is 0 Å². The molecule has 114 valence electrons. The first-order valence-electron chi connectivity index (χ1n) is 6.65. The Balaban J connectivity index is 2.70. The summed E-state index contributed by atoms with van der Waals surface area (Å²) in [4.78, 5) is 0. The molecular weight excluding hydrogens is 296 g/mol. The van der Waals surface area contributed by atoms with Crippen LogP contribution in [-0.2, 0) is 14.5 Å². The maximum atomic E-state index is 11.0. The summed E-state index contributed by atoms with van der Waals surface area (Å²) in [5, 5.41) is 0. The van der Waals surface area contributed by atoms with Crippen LogP contribution in [0.3, 0.4) is 0 Å². The van der Waals surface area contributed by atoms with Gasteiger partial charge in [-0.3, -0.25) is 0 Å². The van der Waals surface area contributed by atoms with Crippen molar-refractivity contribution in [1.82, 2.24) is 0 Å². The van der Waals surface area contributed by atoms with Crippen molar-refractivity contribution in [3.63, 3.8) is 0 Å². The third-order valence-electron chi connectivity index (χ3n) is 3.05. The van der Waals surface area contributed by atoms with Crippen LogP contribution in [0.1, 0.15) is 38.8 Å². The quantitative estimate of drug-likeness (QED) is 0.774. The van der Waals surface area contributed by atoms with E-state index < -0.39 is 9.05 Å². The van der Waals surface area contributed by atoms with Crippen LogP contribution < -0.4 is 4.74 Å². The topological polar surface area (TPSA) is 43.4 Å². The highest BCUT2D eigenvalue weighted by Gasteiger charge is 2.16. The molecule has 0 aromatic heterocycles. The zero-order chi connectivity index (χ0) is 15.6. The lowest BCUT2D eigenvalue weighted by Crippen LogP contribution is -2.17. The summed E-state index contributed by atoms with van der Waals surface area (Å²) >= 11 is 0. The van der Waals surface area contributed by atoms with E-state index in [1.54, 1.807) is 6.92 Å². The van der Waals surface area contributed by atoms with Gasteiger partial charge in [0.25, 0.3) is 0 Å². The molecule has 1 unspecified atom stereocenters. The van der Waals surface area contributed by atoms with Crippen molar-refractivity contribution in [1.29, 1.82) is 0 Å². The molecule has 0 bridgehead atoms. The van der Waals surface area contributed by atoms with Crippen LogP contribution in [0.5, 0.6) is 5.75 Å². The first-order chi connectivity index (χ1) is 8.99. The van der Waals surface area contributed by atoms with Crippen molar-refractivity contribution in [3.05, 3.63) is 29.3 Å². The highest BCUT2D eigenvalue weighted by molar-refractivity contribution is 8.13. The molecule has 0 aliphatic carbocycles. The predicted octanol–water partition coefficient (Wildman–Crippen LogP) is 3.88. The van der Waals surface area contributed by atoms with Gasteiger partial charge in [0.1, 0.15) is 5.75 Å². The minimum atomic E-state index is -3.47. The zero-order valence-corrected chi connectivity index (χ0v) is 14.3. The fraction of sp³-hybridized carbons (Fsp3) is 0.600. The Hall–Kier alpha value is -0.740. The van der Waals surface area contributed by atoms with Gasteiger partial charge in [-0.2, -0.15) is 0 Å². The lowest BCUT2D eigenvalue weighted by atomic mass is 9.86. The van der Waals surface area contributed by atoms with Gasteiger partial charge in [-0.1, -0.05) is 39.8 Å². The van der Waals surface area contributed by atoms with E-state index in [9.17, 15) is 8.42 Å². The first-order valence-corrected chi connectivity index (χ1v) is 9.13. The highest BCUT2D eigenvalue weighted by Crippen LogP contribution is 2.27. The zero-order valence-electron chi connectivity index (χ0n) is 12.7. The van der Waals surface area contributed by atoms with Crippen LogP contribution in [-0.4, -0.2) is 20.8 Å². The summed E-state index contributed by atoms with van der Waals surface area (Å²) < 4.78 is 27.7. The van der Waals surface area contributed by atoms with Crippen LogP contribution in [0.25, 0.3) is 0 Å². The second-order valence-electron chi connectivity index (χ2n) is 6.35. The third-order valence-corrected chi connectivity index (χ3v) is 4.39. The fourth-order valence-corrected chi connectivity index (χ4v) is 3.32. The molecule has 1 aromatic carbocycles. The minimum Gasteiger partial charge on any atom is -0.493 e. The smallest absolute Gasteiger partial charge is 0.232 e. The molecule has 0 amide bonds. The summed E-state index contributed by atoms with van der Waals surface area (Å²) in [5.74, 6) is 0.573. The van der Waals surface area contributed by atoms with Crippen molar-refractivity contribution < 1.29 is 13.2 Å². The molecule has 0 saturated heterocycles. The van der Waals surface area contributed by atoms with Gasteiger partial charge in [0.05, 0.1) is 12.4 Å². The maximum Gasteiger partial charge on any atom is 0.232 e. The lowest BCUT2D eigenvalue weighted by Gasteiger charge is -2.21. The summed E-state index contributed by atoms with van der Waals surface area (Å²) in [6, 6.07) is 6.10. The number of benzene rings is 1. The number of ether oxygens (including phenoxy) is 1. The van der Waals surface area contributed by atoms with E-state index in [0.29, 0.717) is 6.61 Å². The molecule has 0 radical (unpaired) electrons. The Bertz CT molecular complexity index is 559. The second-order valence-corrected chi connectivity index (χ2v) is 9.17. The molecule has 0 aliphatic heterocycles. The molecule has 3 nitrogen and oxygen atoms in total. The molecule has 0 fully saturated rings. The van der Waals surface area contributed by atoms with Crippen LogP contribution in [0, 0.1) is 12.8 Å². The minimum absolute atomic E-state index is 0.0757. The standard InChI is InChI=1S/C15H23ClO3S/c1-11(10-20(16,17)18)9-19-14-7-6-13(8-12(14)2)15(3,4)5/h6-8,11H,9-10H2,1-5H3. The van der Waals surface area contributed by atoms with E-state index in [4.69, 9.17) is 15.4 Å². The average Bonchev–Trinajstić information content (AvgIpc) is 2.23. The van der Waals surface area contributed by atoms with Crippen molar-refractivity contribution in [2.75, 3.05) is 12.4 Å². The van der Waals surface area contributed by atoms with E-state index in [0.717, 1.165) is 11.3 Å².